The Bertz CT molecular complexity index is 374. The third-order valence-electron chi connectivity index (χ3n) is 3.24. The molecule has 0 aromatic carbocycles. The van der Waals surface area contributed by atoms with E-state index in [1.54, 1.807) is 6.20 Å². The van der Waals surface area contributed by atoms with E-state index >= 15 is 0 Å². The Kier molecular flexibility index (Phi) is 3.24. The first-order valence-electron chi connectivity index (χ1n) is 5.65. The van der Waals surface area contributed by atoms with Gasteiger partial charge in [0.1, 0.15) is 0 Å². The molecule has 0 saturated carbocycles. The summed E-state index contributed by atoms with van der Waals surface area (Å²) in [5, 5.41) is 13.0. The Morgan fingerprint density at radius 2 is 2.44 bits per heavy atom. The molecule has 3 N–H and O–H groups in total. The van der Waals surface area contributed by atoms with Gasteiger partial charge in [-0.2, -0.15) is 5.10 Å². The zero-order chi connectivity index (χ0) is 11.5. The van der Waals surface area contributed by atoms with Crippen molar-refractivity contribution >= 4 is 5.91 Å². The Labute approximate surface area is 95.0 Å². The first-order valence-corrected chi connectivity index (χ1v) is 5.65. The van der Waals surface area contributed by atoms with E-state index < -0.39 is 0 Å². The van der Waals surface area contributed by atoms with Crippen LogP contribution in [-0.2, 0) is 11.3 Å². The maximum absolute atomic E-state index is 11.9. The van der Waals surface area contributed by atoms with Gasteiger partial charge in [-0.3, -0.25) is 9.89 Å². The molecular weight excluding hydrogens is 204 g/mol. The second kappa shape index (κ2) is 4.65. The number of hydrogen-bond acceptors (Lipinski definition) is 3. The van der Waals surface area contributed by atoms with Crippen LogP contribution in [0.5, 0.6) is 0 Å². The molecule has 0 bridgehead atoms. The van der Waals surface area contributed by atoms with Gasteiger partial charge in [-0.15, -0.1) is 0 Å². The number of carbonyl (C=O) groups excluding carboxylic acids is 1. The van der Waals surface area contributed by atoms with Gasteiger partial charge in [0.05, 0.1) is 12.1 Å². The summed E-state index contributed by atoms with van der Waals surface area (Å²) in [5.41, 5.74) is 2.06. The maximum atomic E-state index is 11.9. The van der Waals surface area contributed by atoms with E-state index in [-0.39, 0.29) is 11.8 Å². The van der Waals surface area contributed by atoms with Crippen molar-refractivity contribution in [3.63, 3.8) is 0 Å². The molecule has 5 heteroatoms. The Hall–Kier alpha value is -1.36. The van der Waals surface area contributed by atoms with Crippen molar-refractivity contribution in [2.24, 2.45) is 11.8 Å². The van der Waals surface area contributed by atoms with Gasteiger partial charge in [-0.1, -0.05) is 6.92 Å². The van der Waals surface area contributed by atoms with Crippen molar-refractivity contribution in [3.05, 3.63) is 17.5 Å². The van der Waals surface area contributed by atoms with Crippen LogP contribution < -0.4 is 10.6 Å². The lowest BCUT2D eigenvalue weighted by Crippen LogP contribution is -2.33. The normalized spacial score (nSPS) is 24.6. The van der Waals surface area contributed by atoms with Crippen molar-refractivity contribution in [1.29, 1.82) is 0 Å². The van der Waals surface area contributed by atoms with Gasteiger partial charge in [0.2, 0.25) is 5.91 Å². The first-order chi connectivity index (χ1) is 7.68. The molecule has 2 heterocycles. The molecule has 0 unspecified atom stereocenters. The van der Waals surface area contributed by atoms with Crippen LogP contribution in [0.3, 0.4) is 0 Å². The van der Waals surface area contributed by atoms with Crippen LogP contribution in [0, 0.1) is 18.8 Å². The molecule has 5 nitrogen and oxygen atoms in total. The highest BCUT2D eigenvalue weighted by atomic mass is 16.1. The molecular formula is C11H18N4O. The third kappa shape index (κ3) is 2.24. The van der Waals surface area contributed by atoms with Crippen LogP contribution >= 0.6 is 0 Å². The van der Waals surface area contributed by atoms with E-state index in [0.29, 0.717) is 12.5 Å². The number of rotatable bonds is 3. The molecule has 0 spiro atoms. The summed E-state index contributed by atoms with van der Waals surface area (Å²) >= 11 is 0. The molecule has 0 aliphatic carbocycles. The number of H-pyrrole nitrogens is 1. The van der Waals surface area contributed by atoms with Crippen LogP contribution in [-0.4, -0.2) is 29.2 Å². The second-order valence-electron chi connectivity index (χ2n) is 4.48. The van der Waals surface area contributed by atoms with Gasteiger partial charge < -0.3 is 10.6 Å². The highest BCUT2D eigenvalue weighted by molar-refractivity contribution is 5.79. The molecule has 1 aromatic heterocycles. The quantitative estimate of drug-likeness (QED) is 0.684. The van der Waals surface area contributed by atoms with Gasteiger partial charge in [-0.05, 0) is 19.4 Å². The predicted molar refractivity (Wildman–Crippen MR) is 60.7 cm³/mol. The van der Waals surface area contributed by atoms with Gasteiger partial charge in [0.25, 0.3) is 0 Å². The maximum Gasteiger partial charge on any atom is 0.224 e. The number of aromatic amines is 1. The van der Waals surface area contributed by atoms with E-state index in [1.165, 1.54) is 0 Å². The van der Waals surface area contributed by atoms with Crippen molar-refractivity contribution in [2.75, 3.05) is 13.1 Å². The van der Waals surface area contributed by atoms with Crippen LogP contribution in [0.1, 0.15) is 18.2 Å². The van der Waals surface area contributed by atoms with Crippen LogP contribution in [0.2, 0.25) is 0 Å². The molecule has 1 fully saturated rings. The lowest BCUT2D eigenvalue weighted by Gasteiger charge is -2.13. The monoisotopic (exact) mass is 222 g/mol. The van der Waals surface area contributed by atoms with Crippen molar-refractivity contribution in [1.82, 2.24) is 20.8 Å². The largest absolute Gasteiger partial charge is 0.352 e. The molecule has 1 aromatic rings. The zero-order valence-electron chi connectivity index (χ0n) is 9.71. The third-order valence-corrected chi connectivity index (χ3v) is 3.24. The molecule has 1 aliphatic heterocycles. The first kappa shape index (κ1) is 11.1. The molecule has 1 saturated heterocycles. The minimum Gasteiger partial charge on any atom is -0.352 e. The number of aromatic nitrogens is 2. The minimum atomic E-state index is 0.104. The summed E-state index contributed by atoms with van der Waals surface area (Å²) in [4.78, 5) is 11.9. The van der Waals surface area contributed by atoms with Crippen LogP contribution in [0.25, 0.3) is 0 Å². The fourth-order valence-electron chi connectivity index (χ4n) is 2.03. The van der Waals surface area contributed by atoms with E-state index in [2.05, 4.69) is 27.8 Å². The van der Waals surface area contributed by atoms with E-state index in [0.717, 1.165) is 24.3 Å². The number of carbonyl (C=O) groups is 1. The molecule has 16 heavy (non-hydrogen) atoms. The fourth-order valence-corrected chi connectivity index (χ4v) is 2.03. The summed E-state index contributed by atoms with van der Waals surface area (Å²) in [5.74, 6) is 0.663. The van der Waals surface area contributed by atoms with Crippen LogP contribution in [0.4, 0.5) is 0 Å². The lowest BCUT2D eigenvalue weighted by atomic mass is 9.97. The van der Waals surface area contributed by atoms with Crippen molar-refractivity contribution in [3.8, 4) is 0 Å². The Balaban J connectivity index is 1.86. The highest BCUT2D eigenvalue weighted by Gasteiger charge is 2.29. The topological polar surface area (TPSA) is 69.8 Å². The molecule has 2 atom stereocenters. The summed E-state index contributed by atoms with van der Waals surface area (Å²) in [6.07, 6.45) is 1.76. The number of nitrogens with zero attached hydrogens (tertiary/aromatic N) is 1. The number of amides is 1. The van der Waals surface area contributed by atoms with Gasteiger partial charge in [0, 0.05) is 24.3 Å². The number of hydrogen-bond donors (Lipinski definition) is 3. The molecule has 1 amide bonds. The Morgan fingerprint density at radius 1 is 1.62 bits per heavy atom. The zero-order valence-corrected chi connectivity index (χ0v) is 9.71. The highest BCUT2D eigenvalue weighted by Crippen LogP contribution is 2.15. The lowest BCUT2D eigenvalue weighted by molar-refractivity contribution is -0.125. The average molecular weight is 222 g/mol. The molecule has 88 valence electrons. The standard InChI is InChI=1S/C11H18N4O/c1-7-3-12-6-10(7)11(16)13-4-9-5-14-15-8(9)2/h5,7,10,12H,3-4,6H2,1-2H3,(H,13,16)(H,14,15)/t7-,10-/m1/s1. The van der Waals surface area contributed by atoms with Gasteiger partial charge in [-0.25, -0.2) is 0 Å². The molecule has 0 radical (unpaired) electrons. The van der Waals surface area contributed by atoms with E-state index in [9.17, 15) is 4.79 Å². The average Bonchev–Trinajstić information content (AvgIpc) is 2.84. The van der Waals surface area contributed by atoms with Gasteiger partial charge >= 0.3 is 0 Å². The molecule has 2 rings (SSSR count). The summed E-state index contributed by atoms with van der Waals surface area (Å²) in [7, 11) is 0. The summed E-state index contributed by atoms with van der Waals surface area (Å²) < 4.78 is 0. The smallest absolute Gasteiger partial charge is 0.224 e. The minimum absolute atomic E-state index is 0.104. The molecule has 1 aliphatic rings. The second-order valence-corrected chi connectivity index (χ2v) is 4.48. The van der Waals surface area contributed by atoms with E-state index in [4.69, 9.17) is 0 Å². The van der Waals surface area contributed by atoms with Crippen molar-refractivity contribution in [2.45, 2.75) is 20.4 Å². The predicted octanol–water partition coefficient (Wildman–Crippen LogP) is 0.190. The summed E-state index contributed by atoms with van der Waals surface area (Å²) in [6, 6.07) is 0. The van der Waals surface area contributed by atoms with Crippen LogP contribution in [0.15, 0.2) is 6.20 Å². The van der Waals surface area contributed by atoms with Gasteiger partial charge in [0.15, 0.2) is 0 Å². The van der Waals surface area contributed by atoms with Crippen molar-refractivity contribution < 1.29 is 4.79 Å². The summed E-state index contributed by atoms with van der Waals surface area (Å²) in [6.45, 7) is 6.34. The number of nitrogens with one attached hydrogen (secondary N) is 3. The van der Waals surface area contributed by atoms with E-state index in [1.807, 2.05) is 6.92 Å². The Morgan fingerprint density at radius 3 is 3.00 bits per heavy atom. The number of aryl methyl sites for hydroxylation is 1. The SMILES string of the molecule is Cc1[nH]ncc1CNC(=O)[C@@H]1CNC[C@H]1C. The fraction of sp³-hybridized carbons (Fsp3) is 0.636.